The molecule has 1 heterocycles. The second-order valence-corrected chi connectivity index (χ2v) is 7.55. The molecule has 0 atom stereocenters. The first-order valence-electron chi connectivity index (χ1n) is 9.16. The topological polar surface area (TPSA) is 73.1 Å². The van der Waals surface area contributed by atoms with Gasteiger partial charge in [0.05, 0.1) is 6.54 Å². The summed E-state index contributed by atoms with van der Waals surface area (Å²) in [6.07, 6.45) is 2.96. The summed E-state index contributed by atoms with van der Waals surface area (Å²) in [7, 11) is 0. The summed E-state index contributed by atoms with van der Waals surface area (Å²) in [4.78, 5) is 37.3. The van der Waals surface area contributed by atoms with Crippen molar-refractivity contribution in [2.45, 2.75) is 33.9 Å². The van der Waals surface area contributed by atoms with Crippen molar-refractivity contribution < 1.29 is 4.79 Å². The molecule has 0 aliphatic heterocycles. The van der Waals surface area contributed by atoms with Gasteiger partial charge in [-0.25, -0.2) is 0 Å². The Kier molecular flexibility index (Phi) is 6.03. The molecule has 0 fully saturated rings. The van der Waals surface area contributed by atoms with Crippen LogP contribution in [0.5, 0.6) is 0 Å². The highest BCUT2D eigenvalue weighted by molar-refractivity contribution is 6.30. The maximum atomic E-state index is 12.5. The van der Waals surface area contributed by atoms with E-state index in [1.165, 1.54) is 17.0 Å². The fraction of sp³-hybridized carbons (Fsp3) is 0.227. The highest BCUT2D eigenvalue weighted by Crippen LogP contribution is 2.21. The molecular formula is C22H22ClN3O3. The van der Waals surface area contributed by atoms with E-state index in [0.29, 0.717) is 5.02 Å². The van der Waals surface area contributed by atoms with Crippen LogP contribution in [-0.4, -0.2) is 15.0 Å². The van der Waals surface area contributed by atoms with Crippen LogP contribution in [0.2, 0.25) is 5.02 Å². The smallest absolute Gasteiger partial charge is 0.316 e. The largest absolute Gasteiger partial charge is 0.324 e. The molecule has 0 aliphatic carbocycles. The number of rotatable bonds is 5. The maximum Gasteiger partial charge on any atom is 0.316 e. The standard InChI is InChI=1S/C22H22ClN3O3/c1-14-10-15(2)20(16(3)11-14)24-19(27)13-26-9-8-25(21(28)22(26)29)12-17-4-6-18(23)7-5-17/h4-11H,12-13H2,1-3H3,(H,24,27). The third-order valence-corrected chi connectivity index (χ3v) is 4.90. The van der Waals surface area contributed by atoms with E-state index in [1.807, 2.05) is 32.9 Å². The Morgan fingerprint density at radius 3 is 2.10 bits per heavy atom. The van der Waals surface area contributed by atoms with Crippen LogP contribution in [0.3, 0.4) is 0 Å². The number of carbonyl (C=O) groups excluding carboxylic acids is 1. The molecule has 0 spiro atoms. The molecule has 29 heavy (non-hydrogen) atoms. The molecule has 7 heteroatoms. The van der Waals surface area contributed by atoms with Crippen molar-refractivity contribution in [2.24, 2.45) is 0 Å². The summed E-state index contributed by atoms with van der Waals surface area (Å²) in [5, 5.41) is 3.44. The van der Waals surface area contributed by atoms with Crippen LogP contribution in [0.4, 0.5) is 5.69 Å². The fourth-order valence-corrected chi connectivity index (χ4v) is 3.41. The average molecular weight is 412 g/mol. The molecule has 0 radical (unpaired) electrons. The molecule has 0 bridgehead atoms. The van der Waals surface area contributed by atoms with E-state index in [-0.39, 0.29) is 19.0 Å². The van der Waals surface area contributed by atoms with Gasteiger partial charge < -0.3 is 9.88 Å². The van der Waals surface area contributed by atoms with Gasteiger partial charge in [0.2, 0.25) is 5.91 Å². The minimum Gasteiger partial charge on any atom is -0.324 e. The van der Waals surface area contributed by atoms with E-state index in [1.54, 1.807) is 24.3 Å². The Balaban J connectivity index is 1.77. The van der Waals surface area contributed by atoms with Crippen molar-refractivity contribution in [3.05, 3.63) is 96.8 Å². The predicted molar refractivity (Wildman–Crippen MR) is 115 cm³/mol. The van der Waals surface area contributed by atoms with Crippen LogP contribution in [0.25, 0.3) is 0 Å². The molecule has 1 aromatic heterocycles. The van der Waals surface area contributed by atoms with E-state index in [2.05, 4.69) is 5.32 Å². The quantitative estimate of drug-likeness (QED) is 0.655. The van der Waals surface area contributed by atoms with Crippen molar-refractivity contribution in [2.75, 3.05) is 5.32 Å². The number of nitrogens with one attached hydrogen (secondary N) is 1. The summed E-state index contributed by atoms with van der Waals surface area (Å²) in [5.41, 5.74) is 3.15. The number of aromatic nitrogens is 2. The van der Waals surface area contributed by atoms with E-state index in [9.17, 15) is 14.4 Å². The highest BCUT2D eigenvalue weighted by Gasteiger charge is 2.12. The molecular weight excluding hydrogens is 390 g/mol. The third-order valence-electron chi connectivity index (χ3n) is 4.65. The Labute approximate surface area is 173 Å². The van der Waals surface area contributed by atoms with E-state index in [4.69, 9.17) is 11.6 Å². The van der Waals surface area contributed by atoms with Gasteiger partial charge in [-0.1, -0.05) is 41.4 Å². The second-order valence-electron chi connectivity index (χ2n) is 7.11. The number of benzene rings is 2. The van der Waals surface area contributed by atoms with Crippen LogP contribution >= 0.6 is 11.6 Å². The molecule has 6 nitrogen and oxygen atoms in total. The van der Waals surface area contributed by atoms with Crippen molar-refractivity contribution in [3.8, 4) is 0 Å². The molecule has 2 aromatic carbocycles. The summed E-state index contributed by atoms with van der Waals surface area (Å²) >= 11 is 5.87. The van der Waals surface area contributed by atoms with Gasteiger partial charge in [-0.15, -0.1) is 0 Å². The molecule has 0 aliphatic rings. The number of amides is 1. The summed E-state index contributed by atoms with van der Waals surface area (Å²) in [6.45, 7) is 5.84. The Hall–Kier alpha value is -3.12. The van der Waals surface area contributed by atoms with Gasteiger partial charge in [0.1, 0.15) is 6.54 Å². The molecule has 3 rings (SSSR count). The number of hydrogen-bond donors (Lipinski definition) is 1. The molecule has 3 aromatic rings. The lowest BCUT2D eigenvalue weighted by Gasteiger charge is -2.14. The molecule has 0 saturated carbocycles. The monoisotopic (exact) mass is 411 g/mol. The number of anilines is 1. The Morgan fingerprint density at radius 2 is 1.48 bits per heavy atom. The van der Waals surface area contributed by atoms with Crippen molar-refractivity contribution >= 4 is 23.2 Å². The van der Waals surface area contributed by atoms with Crippen molar-refractivity contribution in [1.82, 2.24) is 9.13 Å². The Morgan fingerprint density at radius 1 is 0.931 bits per heavy atom. The van der Waals surface area contributed by atoms with Gasteiger partial charge in [0, 0.05) is 23.1 Å². The molecule has 0 unspecified atom stereocenters. The summed E-state index contributed by atoms with van der Waals surface area (Å²) < 4.78 is 2.43. The fourth-order valence-electron chi connectivity index (χ4n) is 3.29. The predicted octanol–water partition coefficient (Wildman–Crippen LogP) is 3.28. The first-order chi connectivity index (χ1) is 13.7. The van der Waals surface area contributed by atoms with E-state index in [0.717, 1.165) is 32.5 Å². The second kappa shape index (κ2) is 8.49. The number of carbonyl (C=O) groups is 1. The van der Waals surface area contributed by atoms with Crippen molar-refractivity contribution in [3.63, 3.8) is 0 Å². The zero-order chi connectivity index (χ0) is 21.1. The summed E-state index contributed by atoms with van der Waals surface area (Å²) in [6, 6.07) is 11.0. The number of nitrogens with zero attached hydrogens (tertiary/aromatic N) is 2. The normalized spacial score (nSPS) is 10.8. The van der Waals surface area contributed by atoms with Gasteiger partial charge >= 0.3 is 11.1 Å². The van der Waals surface area contributed by atoms with Gasteiger partial charge in [0.15, 0.2) is 0 Å². The first-order valence-corrected chi connectivity index (χ1v) is 9.54. The maximum absolute atomic E-state index is 12.5. The highest BCUT2D eigenvalue weighted by atomic mass is 35.5. The third kappa shape index (κ3) is 4.84. The minimum atomic E-state index is -0.742. The van der Waals surface area contributed by atoms with Gasteiger partial charge in [-0.05, 0) is 49.6 Å². The van der Waals surface area contributed by atoms with E-state index >= 15 is 0 Å². The molecule has 1 amide bonds. The molecule has 1 N–H and O–H groups in total. The van der Waals surface area contributed by atoms with Crippen LogP contribution in [0, 0.1) is 20.8 Å². The zero-order valence-corrected chi connectivity index (χ0v) is 17.3. The van der Waals surface area contributed by atoms with Gasteiger partial charge in [0.25, 0.3) is 0 Å². The molecule has 150 valence electrons. The molecule has 0 saturated heterocycles. The van der Waals surface area contributed by atoms with Crippen LogP contribution in [-0.2, 0) is 17.9 Å². The number of halogens is 1. The summed E-state index contributed by atoms with van der Waals surface area (Å²) in [5.74, 6) is -0.364. The van der Waals surface area contributed by atoms with Crippen LogP contribution in [0.1, 0.15) is 22.3 Å². The Bertz CT molecular complexity index is 1150. The zero-order valence-electron chi connectivity index (χ0n) is 16.5. The minimum absolute atomic E-state index is 0.234. The van der Waals surface area contributed by atoms with Gasteiger partial charge in [-0.3, -0.25) is 19.0 Å². The lowest BCUT2D eigenvalue weighted by molar-refractivity contribution is -0.116. The van der Waals surface area contributed by atoms with Crippen LogP contribution in [0.15, 0.2) is 58.4 Å². The van der Waals surface area contributed by atoms with Crippen LogP contribution < -0.4 is 16.4 Å². The number of aryl methyl sites for hydroxylation is 3. The van der Waals surface area contributed by atoms with Gasteiger partial charge in [-0.2, -0.15) is 0 Å². The first kappa shape index (κ1) is 20.6. The van der Waals surface area contributed by atoms with E-state index < -0.39 is 11.1 Å². The average Bonchev–Trinajstić information content (AvgIpc) is 2.66. The van der Waals surface area contributed by atoms with Crippen molar-refractivity contribution in [1.29, 1.82) is 0 Å². The SMILES string of the molecule is Cc1cc(C)c(NC(=O)Cn2ccn(Cc3ccc(Cl)cc3)c(=O)c2=O)c(C)c1. The lowest BCUT2D eigenvalue weighted by atomic mass is 10.1. The lowest BCUT2D eigenvalue weighted by Crippen LogP contribution is -2.42. The number of hydrogen-bond acceptors (Lipinski definition) is 3.